The molecule has 1 aromatic carbocycles. The van der Waals surface area contributed by atoms with Crippen LogP contribution in [0.3, 0.4) is 0 Å². The Morgan fingerprint density at radius 3 is 2.85 bits per heavy atom. The molecule has 0 fully saturated rings. The molecule has 1 amide bonds. The van der Waals surface area contributed by atoms with Gasteiger partial charge in [-0.1, -0.05) is 21.0 Å². The lowest BCUT2D eigenvalue weighted by molar-refractivity contribution is 0.102. The van der Waals surface area contributed by atoms with Gasteiger partial charge in [0.1, 0.15) is 5.75 Å². The van der Waals surface area contributed by atoms with Crippen molar-refractivity contribution < 1.29 is 9.53 Å². The third-order valence-electron chi connectivity index (χ3n) is 2.51. The normalized spacial score (nSPS) is 10.4. The largest absolute Gasteiger partial charge is 0.495 e. The monoisotopic (exact) mass is 403 g/mol. The summed E-state index contributed by atoms with van der Waals surface area (Å²) in [6.07, 6.45) is 0. The van der Waals surface area contributed by atoms with Crippen molar-refractivity contribution in [2.45, 2.75) is 13.5 Å². The van der Waals surface area contributed by atoms with Crippen LogP contribution in [0.2, 0.25) is 0 Å². The van der Waals surface area contributed by atoms with Crippen LogP contribution in [0.25, 0.3) is 0 Å². The molecule has 0 saturated carbocycles. The number of tetrazole rings is 1. The molecule has 0 bridgehead atoms. The van der Waals surface area contributed by atoms with E-state index < -0.39 is 0 Å². The Morgan fingerprint density at radius 2 is 2.20 bits per heavy atom. The van der Waals surface area contributed by atoms with E-state index in [4.69, 9.17) is 4.74 Å². The number of aromatic nitrogens is 4. The van der Waals surface area contributed by atoms with Gasteiger partial charge < -0.3 is 4.74 Å². The first-order valence-electron chi connectivity index (χ1n) is 5.67. The Hall–Kier alpha value is -1.48. The topological polar surface area (TPSA) is 81.9 Å². The van der Waals surface area contributed by atoms with E-state index in [1.807, 2.05) is 6.92 Å². The lowest BCUT2D eigenvalue weighted by Gasteiger charge is -2.11. The first kappa shape index (κ1) is 14.9. The highest BCUT2D eigenvalue weighted by atomic mass is 79.9. The molecule has 0 saturated heterocycles. The number of hydrogen-bond donors (Lipinski definition) is 1. The lowest BCUT2D eigenvalue weighted by atomic mass is 10.2. The van der Waals surface area contributed by atoms with E-state index in [0.717, 1.165) is 4.47 Å². The average molecular weight is 405 g/mol. The molecule has 9 heteroatoms. The highest BCUT2D eigenvalue weighted by Crippen LogP contribution is 2.32. The summed E-state index contributed by atoms with van der Waals surface area (Å²) in [5, 5.41) is 13.7. The summed E-state index contributed by atoms with van der Waals surface area (Å²) in [7, 11) is 1.50. The van der Waals surface area contributed by atoms with Crippen LogP contribution in [0, 0.1) is 0 Å². The number of aryl methyl sites for hydroxylation is 1. The van der Waals surface area contributed by atoms with Gasteiger partial charge in [-0.3, -0.25) is 10.1 Å². The SMILES string of the molecule is CCn1nnnc1NC(=O)c1cc(Br)cc(Br)c1OC. The number of halogens is 2. The van der Waals surface area contributed by atoms with Crippen LogP contribution in [-0.4, -0.2) is 33.2 Å². The maximum atomic E-state index is 12.3. The van der Waals surface area contributed by atoms with Crippen molar-refractivity contribution in [1.29, 1.82) is 0 Å². The van der Waals surface area contributed by atoms with Gasteiger partial charge in [-0.2, -0.15) is 0 Å². The van der Waals surface area contributed by atoms with Gasteiger partial charge in [0.25, 0.3) is 5.91 Å². The number of ether oxygens (including phenoxy) is 1. The minimum absolute atomic E-state index is 0.288. The molecule has 0 unspecified atom stereocenters. The van der Waals surface area contributed by atoms with Gasteiger partial charge >= 0.3 is 0 Å². The van der Waals surface area contributed by atoms with Crippen molar-refractivity contribution in [3.8, 4) is 5.75 Å². The van der Waals surface area contributed by atoms with Crippen molar-refractivity contribution in [3.05, 3.63) is 26.6 Å². The van der Waals surface area contributed by atoms with E-state index in [0.29, 0.717) is 22.3 Å². The molecule has 0 aliphatic rings. The standard InChI is InChI=1S/C11H11Br2N5O2/c1-3-18-11(15-16-17-18)14-10(19)7-4-6(12)5-8(13)9(7)20-2/h4-5H,3H2,1-2H3,(H,14,15,17,19). The number of anilines is 1. The molecule has 1 aromatic heterocycles. The van der Waals surface area contributed by atoms with Gasteiger partial charge in [0.15, 0.2) is 0 Å². The molecule has 7 nitrogen and oxygen atoms in total. The van der Waals surface area contributed by atoms with E-state index >= 15 is 0 Å². The molecule has 1 N–H and O–H groups in total. The molecule has 0 spiro atoms. The Bertz CT molecular complexity index is 644. The van der Waals surface area contributed by atoms with Gasteiger partial charge in [0.05, 0.1) is 17.1 Å². The molecular formula is C11H11Br2N5O2. The van der Waals surface area contributed by atoms with Crippen LogP contribution in [0.4, 0.5) is 5.95 Å². The molecule has 2 rings (SSSR count). The number of hydrogen-bond acceptors (Lipinski definition) is 5. The van der Waals surface area contributed by atoms with Crippen LogP contribution < -0.4 is 10.1 Å². The van der Waals surface area contributed by atoms with E-state index in [9.17, 15) is 4.79 Å². The van der Waals surface area contributed by atoms with Crippen molar-refractivity contribution in [2.75, 3.05) is 12.4 Å². The second-order valence-electron chi connectivity index (χ2n) is 3.74. The molecule has 0 radical (unpaired) electrons. The first-order valence-corrected chi connectivity index (χ1v) is 7.26. The minimum atomic E-state index is -0.353. The van der Waals surface area contributed by atoms with Gasteiger partial charge in [0, 0.05) is 11.0 Å². The van der Waals surface area contributed by atoms with E-state index in [-0.39, 0.29) is 11.9 Å². The number of carbonyl (C=O) groups excluding carboxylic acids is 1. The molecule has 2 aromatic rings. The van der Waals surface area contributed by atoms with Gasteiger partial charge in [-0.25, -0.2) is 4.68 Å². The summed E-state index contributed by atoms with van der Waals surface area (Å²) in [6, 6.07) is 3.46. The molecule has 1 heterocycles. The van der Waals surface area contributed by atoms with E-state index in [1.165, 1.54) is 11.8 Å². The Labute approximate surface area is 131 Å². The predicted octanol–water partition coefficient (Wildman–Crippen LogP) is 2.48. The van der Waals surface area contributed by atoms with Crippen LogP contribution in [0.5, 0.6) is 5.75 Å². The number of benzene rings is 1. The fourth-order valence-electron chi connectivity index (χ4n) is 1.61. The van der Waals surface area contributed by atoms with E-state index in [1.54, 1.807) is 12.1 Å². The fourth-order valence-corrected chi connectivity index (χ4v) is 3.00. The Morgan fingerprint density at radius 1 is 1.45 bits per heavy atom. The number of methoxy groups -OCH3 is 1. The zero-order chi connectivity index (χ0) is 14.7. The average Bonchev–Trinajstić information content (AvgIpc) is 2.85. The first-order chi connectivity index (χ1) is 9.56. The second-order valence-corrected chi connectivity index (χ2v) is 5.51. The van der Waals surface area contributed by atoms with Gasteiger partial charge in [0.2, 0.25) is 5.95 Å². The highest BCUT2D eigenvalue weighted by Gasteiger charge is 2.18. The zero-order valence-corrected chi connectivity index (χ0v) is 13.9. The molecular weight excluding hydrogens is 394 g/mol. The number of nitrogens with zero attached hydrogens (tertiary/aromatic N) is 4. The molecule has 106 valence electrons. The molecule has 0 aliphatic carbocycles. The smallest absolute Gasteiger partial charge is 0.261 e. The van der Waals surface area contributed by atoms with Crippen LogP contribution in [-0.2, 0) is 6.54 Å². The van der Waals surface area contributed by atoms with Crippen LogP contribution >= 0.6 is 31.9 Å². The highest BCUT2D eigenvalue weighted by molar-refractivity contribution is 9.11. The van der Waals surface area contributed by atoms with Crippen molar-refractivity contribution >= 4 is 43.7 Å². The summed E-state index contributed by atoms with van der Waals surface area (Å²) in [4.78, 5) is 12.3. The number of rotatable bonds is 4. The molecule has 0 atom stereocenters. The van der Waals surface area contributed by atoms with Crippen LogP contribution in [0.1, 0.15) is 17.3 Å². The summed E-state index contributed by atoms with van der Waals surface area (Å²) >= 11 is 6.69. The minimum Gasteiger partial charge on any atom is -0.495 e. The van der Waals surface area contributed by atoms with Gasteiger partial charge in [-0.15, -0.1) is 0 Å². The Kier molecular flexibility index (Phi) is 4.71. The molecule has 0 aliphatic heterocycles. The maximum absolute atomic E-state index is 12.3. The maximum Gasteiger partial charge on any atom is 0.261 e. The summed E-state index contributed by atoms with van der Waals surface area (Å²) in [6.45, 7) is 2.43. The Balaban J connectivity index is 2.34. The van der Waals surface area contributed by atoms with Crippen molar-refractivity contribution in [3.63, 3.8) is 0 Å². The quantitative estimate of drug-likeness (QED) is 0.846. The summed E-state index contributed by atoms with van der Waals surface area (Å²) < 4.78 is 8.16. The number of carbonyl (C=O) groups is 1. The lowest BCUT2D eigenvalue weighted by Crippen LogP contribution is -2.17. The summed E-state index contributed by atoms with van der Waals surface area (Å²) in [5.41, 5.74) is 0.374. The zero-order valence-electron chi connectivity index (χ0n) is 10.7. The number of amides is 1. The predicted molar refractivity (Wildman–Crippen MR) is 79.8 cm³/mol. The molecule has 20 heavy (non-hydrogen) atoms. The van der Waals surface area contributed by atoms with Gasteiger partial charge in [-0.05, 0) is 45.4 Å². The third kappa shape index (κ3) is 2.98. The fraction of sp³-hybridized carbons (Fsp3) is 0.273. The number of nitrogens with one attached hydrogen (secondary N) is 1. The second kappa shape index (κ2) is 6.31. The summed E-state index contributed by atoms with van der Waals surface area (Å²) in [5.74, 6) is 0.380. The third-order valence-corrected chi connectivity index (χ3v) is 3.56. The van der Waals surface area contributed by atoms with Crippen molar-refractivity contribution in [1.82, 2.24) is 20.2 Å². The van der Waals surface area contributed by atoms with Crippen molar-refractivity contribution in [2.24, 2.45) is 0 Å². The van der Waals surface area contributed by atoms with E-state index in [2.05, 4.69) is 52.7 Å². The van der Waals surface area contributed by atoms with Crippen LogP contribution in [0.15, 0.2) is 21.1 Å².